The predicted molar refractivity (Wildman–Crippen MR) is 73.9 cm³/mol. The molecule has 1 amide bonds. The maximum absolute atomic E-state index is 12.9. The van der Waals surface area contributed by atoms with Gasteiger partial charge in [-0.3, -0.25) is 4.79 Å². The largest absolute Gasteiger partial charge is 0.443 e. The van der Waals surface area contributed by atoms with Crippen molar-refractivity contribution in [3.05, 3.63) is 59.2 Å². The zero-order valence-corrected chi connectivity index (χ0v) is 11.7. The molecule has 1 aromatic heterocycles. The van der Waals surface area contributed by atoms with Crippen molar-refractivity contribution in [3.8, 4) is 0 Å². The molecule has 21 heavy (non-hydrogen) atoms. The minimum atomic E-state index is -1.26. The van der Waals surface area contributed by atoms with Gasteiger partial charge in [0.15, 0.2) is 0 Å². The van der Waals surface area contributed by atoms with Crippen molar-refractivity contribution in [2.75, 3.05) is 0 Å². The molecule has 0 saturated carbocycles. The van der Waals surface area contributed by atoms with Gasteiger partial charge in [-0.1, -0.05) is 12.1 Å². The number of aryl methyl sites for hydroxylation is 1. The van der Waals surface area contributed by atoms with Crippen LogP contribution in [0.3, 0.4) is 0 Å². The van der Waals surface area contributed by atoms with Gasteiger partial charge in [0.25, 0.3) is 5.91 Å². The van der Waals surface area contributed by atoms with E-state index in [-0.39, 0.29) is 0 Å². The average molecular weight is 290 g/mol. The van der Waals surface area contributed by atoms with Gasteiger partial charge in [0.1, 0.15) is 11.5 Å². The molecule has 0 unspecified atom stereocenters. The molecule has 0 aliphatic rings. The second kappa shape index (κ2) is 5.78. The second-order valence-electron chi connectivity index (χ2n) is 4.66. The third-order valence-corrected chi connectivity index (χ3v) is 3.24. The van der Waals surface area contributed by atoms with E-state index < -0.39 is 23.8 Å². The Bertz CT molecular complexity index is 677. The van der Waals surface area contributed by atoms with Crippen LogP contribution < -0.4 is 5.73 Å². The summed E-state index contributed by atoms with van der Waals surface area (Å²) in [5.41, 5.74) is 6.76. The fraction of sp³-hybridized carbons (Fsp3) is 0.200. The van der Waals surface area contributed by atoms with Crippen molar-refractivity contribution in [3.63, 3.8) is 0 Å². The van der Waals surface area contributed by atoms with Gasteiger partial charge >= 0.3 is 5.97 Å². The first-order chi connectivity index (χ1) is 9.90. The molecule has 0 aliphatic carbocycles. The zero-order chi connectivity index (χ0) is 15.6. The van der Waals surface area contributed by atoms with Crippen LogP contribution in [0.25, 0.3) is 0 Å². The zero-order valence-electron chi connectivity index (χ0n) is 11.7. The van der Waals surface area contributed by atoms with Crippen molar-refractivity contribution in [1.29, 1.82) is 0 Å². The normalized spacial score (nSPS) is 12.0. The maximum Gasteiger partial charge on any atom is 0.356 e. The van der Waals surface area contributed by atoms with Gasteiger partial charge in [0.2, 0.25) is 6.10 Å². The molecule has 110 valence electrons. The summed E-state index contributed by atoms with van der Waals surface area (Å²) in [4.78, 5) is 23.6. The molecular weight excluding hydrogens is 275 g/mol. The minimum Gasteiger partial charge on any atom is -0.443 e. The Morgan fingerprint density at radius 2 is 1.81 bits per heavy atom. The lowest BCUT2D eigenvalue weighted by Crippen LogP contribution is -2.27. The van der Waals surface area contributed by atoms with Crippen molar-refractivity contribution in [1.82, 2.24) is 4.57 Å². The summed E-state index contributed by atoms with van der Waals surface area (Å²) in [6, 6.07) is 8.41. The van der Waals surface area contributed by atoms with Crippen molar-refractivity contribution in [2.24, 2.45) is 12.8 Å². The molecule has 0 saturated heterocycles. The van der Waals surface area contributed by atoms with Crippen molar-refractivity contribution >= 4 is 11.9 Å². The molecule has 1 heterocycles. The highest BCUT2D eigenvalue weighted by Crippen LogP contribution is 2.20. The summed E-state index contributed by atoms with van der Waals surface area (Å²) < 4.78 is 19.7. The molecule has 6 heteroatoms. The van der Waals surface area contributed by atoms with E-state index in [1.54, 1.807) is 23.7 Å². The molecule has 5 nitrogen and oxygen atoms in total. The van der Waals surface area contributed by atoms with Crippen LogP contribution in [0, 0.1) is 12.7 Å². The second-order valence-corrected chi connectivity index (χ2v) is 4.66. The Balaban J connectivity index is 2.24. The molecule has 0 fully saturated rings. The van der Waals surface area contributed by atoms with Gasteiger partial charge in [-0.15, -0.1) is 0 Å². The fourth-order valence-electron chi connectivity index (χ4n) is 1.91. The number of primary amides is 1. The van der Waals surface area contributed by atoms with E-state index in [2.05, 4.69) is 0 Å². The van der Waals surface area contributed by atoms with Gasteiger partial charge in [0, 0.05) is 18.3 Å². The Labute approximate surface area is 121 Å². The SMILES string of the molecule is Cc1ccc(C(=O)O[C@H](C(N)=O)c2ccc(F)cc2)n1C. The third kappa shape index (κ3) is 3.10. The first kappa shape index (κ1) is 14.8. The molecule has 2 rings (SSSR count). The molecule has 0 spiro atoms. The van der Waals surface area contributed by atoms with Gasteiger partial charge in [-0.2, -0.15) is 0 Å². The molecule has 2 aromatic rings. The van der Waals surface area contributed by atoms with E-state index in [4.69, 9.17) is 10.5 Å². The monoisotopic (exact) mass is 290 g/mol. The van der Waals surface area contributed by atoms with Crippen LogP contribution in [-0.2, 0) is 16.6 Å². The highest BCUT2D eigenvalue weighted by molar-refractivity contribution is 5.91. The number of halogens is 1. The number of benzene rings is 1. The molecule has 0 radical (unpaired) electrons. The third-order valence-electron chi connectivity index (χ3n) is 3.24. The van der Waals surface area contributed by atoms with Crippen molar-refractivity contribution < 1.29 is 18.7 Å². The number of rotatable bonds is 4. The average Bonchev–Trinajstić information content (AvgIpc) is 2.77. The Kier molecular flexibility index (Phi) is 4.07. The Morgan fingerprint density at radius 1 is 1.19 bits per heavy atom. The predicted octanol–water partition coefficient (Wildman–Crippen LogP) is 1.86. The van der Waals surface area contributed by atoms with E-state index in [1.165, 1.54) is 24.3 Å². The minimum absolute atomic E-state index is 0.306. The quantitative estimate of drug-likeness (QED) is 0.873. The summed E-state index contributed by atoms with van der Waals surface area (Å²) in [6.45, 7) is 1.84. The van der Waals surface area contributed by atoms with Gasteiger partial charge in [-0.05, 0) is 31.2 Å². The number of amides is 1. The number of aromatic nitrogens is 1. The number of hydrogen-bond donors (Lipinski definition) is 1. The van der Waals surface area contributed by atoms with Gasteiger partial charge in [0.05, 0.1) is 0 Å². The van der Waals surface area contributed by atoms with E-state index in [1.807, 2.05) is 6.92 Å². The number of carbonyl (C=O) groups excluding carboxylic acids is 2. The molecule has 0 bridgehead atoms. The lowest BCUT2D eigenvalue weighted by molar-refractivity contribution is -0.127. The Hall–Kier alpha value is -2.63. The summed E-state index contributed by atoms with van der Waals surface area (Å²) in [6.07, 6.45) is -1.26. The summed E-state index contributed by atoms with van der Waals surface area (Å²) in [5, 5.41) is 0. The van der Waals surface area contributed by atoms with Crippen LogP contribution in [-0.4, -0.2) is 16.4 Å². The number of carbonyl (C=O) groups is 2. The van der Waals surface area contributed by atoms with Crippen LogP contribution in [0.2, 0.25) is 0 Å². The van der Waals surface area contributed by atoms with Crippen LogP contribution >= 0.6 is 0 Å². The standard InChI is InChI=1S/C15H15FN2O3/c1-9-3-8-12(18(9)2)15(20)21-13(14(17)19)10-4-6-11(16)7-5-10/h3-8,13H,1-2H3,(H2,17,19)/t13-/m0/s1. The number of nitrogens with zero attached hydrogens (tertiary/aromatic N) is 1. The van der Waals surface area contributed by atoms with E-state index in [9.17, 15) is 14.0 Å². The number of esters is 1. The molecular formula is C15H15FN2O3. The molecule has 1 atom stereocenters. The first-order valence-corrected chi connectivity index (χ1v) is 6.28. The molecule has 2 N–H and O–H groups in total. The van der Waals surface area contributed by atoms with E-state index in [0.717, 1.165) is 5.69 Å². The summed E-state index contributed by atoms with van der Waals surface area (Å²) in [7, 11) is 1.71. The Morgan fingerprint density at radius 3 is 2.29 bits per heavy atom. The number of ether oxygens (including phenoxy) is 1. The molecule has 0 aliphatic heterocycles. The maximum atomic E-state index is 12.9. The van der Waals surface area contributed by atoms with Crippen molar-refractivity contribution in [2.45, 2.75) is 13.0 Å². The lowest BCUT2D eigenvalue weighted by Gasteiger charge is -2.15. The van der Waals surface area contributed by atoms with Crippen LogP contribution in [0.15, 0.2) is 36.4 Å². The topological polar surface area (TPSA) is 74.3 Å². The lowest BCUT2D eigenvalue weighted by atomic mass is 10.1. The fourth-order valence-corrected chi connectivity index (χ4v) is 1.91. The smallest absolute Gasteiger partial charge is 0.356 e. The van der Waals surface area contributed by atoms with Crippen LogP contribution in [0.5, 0.6) is 0 Å². The highest BCUT2D eigenvalue weighted by atomic mass is 19.1. The summed E-state index contributed by atoms with van der Waals surface area (Å²) in [5.74, 6) is -1.94. The van der Waals surface area contributed by atoms with Gasteiger partial charge in [-0.25, -0.2) is 9.18 Å². The number of nitrogens with two attached hydrogens (primary N) is 1. The van der Waals surface area contributed by atoms with Gasteiger partial charge < -0.3 is 15.0 Å². The highest BCUT2D eigenvalue weighted by Gasteiger charge is 2.24. The van der Waals surface area contributed by atoms with Crippen LogP contribution in [0.1, 0.15) is 27.8 Å². The first-order valence-electron chi connectivity index (χ1n) is 6.28. The van der Waals surface area contributed by atoms with E-state index >= 15 is 0 Å². The van der Waals surface area contributed by atoms with Crippen LogP contribution in [0.4, 0.5) is 4.39 Å². The summed E-state index contributed by atoms with van der Waals surface area (Å²) >= 11 is 0. The van der Waals surface area contributed by atoms with E-state index in [0.29, 0.717) is 11.3 Å². The number of hydrogen-bond acceptors (Lipinski definition) is 3. The molecule has 1 aromatic carbocycles.